The van der Waals surface area contributed by atoms with Crippen LogP contribution in [0.5, 0.6) is 0 Å². The van der Waals surface area contributed by atoms with Gasteiger partial charge in [-0.15, -0.1) is 11.3 Å². The van der Waals surface area contributed by atoms with E-state index in [9.17, 15) is 13.2 Å². The molecule has 0 aromatic carbocycles. The first-order chi connectivity index (χ1) is 7.04. The van der Waals surface area contributed by atoms with Gasteiger partial charge in [0.25, 0.3) is 0 Å². The summed E-state index contributed by atoms with van der Waals surface area (Å²) in [5.41, 5.74) is 0.761. The number of thiazole rings is 1. The Morgan fingerprint density at radius 2 is 2.33 bits per heavy atom. The first kappa shape index (κ1) is 10.9. The molecule has 6 heteroatoms. The van der Waals surface area contributed by atoms with Gasteiger partial charge in [-0.25, -0.2) is 4.98 Å². The summed E-state index contributed by atoms with van der Waals surface area (Å²) in [5.74, 6) is 0. The molecule has 0 amide bonds. The maximum absolute atomic E-state index is 12.1. The molecule has 2 rings (SSSR count). The van der Waals surface area contributed by atoms with E-state index < -0.39 is 12.6 Å². The van der Waals surface area contributed by atoms with Crippen LogP contribution in [0.25, 0.3) is 0 Å². The Kier molecular flexibility index (Phi) is 2.97. The monoisotopic (exact) mass is 236 g/mol. The average molecular weight is 236 g/mol. The second-order valence-corrected chi connectivity index (χ2v) is 4.55. The zero-order chi connectivity index (χ0) is 10.9. The molecule has 0 radical (unpaired) electrons. The SMILES string of the molecule is FC(F)(F)Cc1nc([C@@H]2CCCN2)cs1. The van der Waals surface area contributed by atoms with E-state index >= 15 is 0 Å². The summed E-state index contributed by atoms with van der Waals surface area (Å²) in [5, 5.41) is 5.10. The number of nitrogens with one attached hydrogen (secondary N) is 1. The van der Waals surface area contributed by atoms with Gasteiger partial charge in [0.05, 0.1) is 18.2 Å². The van der Waals surface area contributed by atoms with Gasteiger partial charge >= 0.3 is 6.18 Å². The van der Waals surface area contributed by atoms with Crippen molar-refractivity contribution in [2.24, 2.45) is 0 Å². The Morgan fingerprint density at radius 1 is 1.53 bits per heavy atom. The summed E-state index contributed by atoms with van der Waals surface area (Å²) in [6, 6.07) is 0.156. The molecule has 1 aromatic heterocycles. The first-order valence-corrected chi connectivity index (χ1v) is 5.67. The van der Waals surface area contributed by atoms with Crippen LogP contribution in [0.1, 0.15) is 29.6 Å². The minimum Gasteiger partial charge on any atom is -0.309 e. The molecule has 1 aliphatic heterocycles. The Labute approximate surface area is 89.5 Å². The summed E-state index contributed by atoms with van der Waals surface area (Å²) in [4.78, 5) is 4.01. The molecule has 2 nitrogen and oxygen atoms in total. The minimum atomic E-state index is -4.15. The van der Waals surface area contributed by atoms with Crippen LogP contribution in [0.3, 0.4) is 0 Å². The molecule has 1 atom stereocenters. The Balaban J connectivity index is 2.03. The third-order valence-corrected chi connectivity index (χ3v) is 3.21. The van der Waals surface area contributed by atoms with Crippen molar-refractivity contribution in [2.75, 3.05) is 6.54 Å². The lowest BCUT2D eigenvalue weighted by atomic mass is 10.2. The van der Waals surface area contributed by atoms with E-state index in [-0.39, 0.29) is 11.0 Å². The number of halogens is 3. The standard InChI is InChI=1S/C9H11F3N2S/c10-9(11,12)4-8-14-7(5-15-8)6-2-1-3-13-6/h5-6,13H,1-4H2/t6-/m0/s1. The summed E-state index contributed by atoms with van der Waals surface area (Å²) in [6.07, 6.45) is -3.03. The lowest BCUT2D eigenvalue weighted by molar-refractivity contribution is -0.127. The van der Waals surface area contributed by atoms with E-state index in [4.69, 9.17) is 0 Å². The molecule has 1 aliphatic rings. The van der Waals surface area contributed by atoms with Crippen molar-refractivity contribution < 1.29 is 13.2 Å². The summed E-state index contributed by atoms with van der Waals surface area (Å²) >= 11 is 1.09. The molecule has 0 unspecified atom stereocenters. The number of hydrogen-bond acceptors (Lipinski definition) is 3. The van der Waals surface area contributed by atoms with Gasteiger partial charge in [0.2, 0.25) is 0 Å². The quantitative estimate of drug-likeness (QED) is 0.854. The van der Waals surface area contributed by atoms with Crippen molar-refractivity contribution in [3.05, 3.63) is 16.1 Å². The van der Waals surface area contributed by atoms with Crippen molar-refractivity contribution in [1.82, 2.24) is 10.3 Å². The van der Waals surface area contributed by atoms with Gasteiger partial charge in [0.15, 0.2) is 0 Å². The predicted molar refractivity (Wildman–Crippen MR) is 51.9 cm³/mol. The van der Waals surface area contributed by atoms with E-state index in [2.05, 4.69) is 10.3 Å². The highest BCUT2D eigenvalue weighted by atomic mass is 32.1. The molecule has 15 heavy (non-hydrogen) atoms. The summed E-state index contributed by atoms with van der Waals surface area (Å²) in [7, 11) is 0. The van der Waals surface area contributed by atoms with E-state index in [1.807, 2.05) is 0 Å². The molecule has 1 fully saturated rings. The third kappa shape index (κ3) is 2.92. The molecule has 0 saturated carbocycles. The molecular formula is C9H11F3N2S. The lowest BCUT2D eigenvalue weighted by Crippen LogP contribution is -2.14. The van der Waals surface area contributed by atoms with Crippen LogP contribution in [-0.2, 0) is 6.42 Å². The fraction of sp³-hybridized carbons (Fsp3) is 0.667. The van der Waals surface area contributed by atoms with Crippen molar-refractivity contribution in [3.63, 3.8) is 0 Å². The molecule has 0 spiro atoms. The normalized spacial score (nSPS) is 22.2. The largest absolute Gasteiger partial charge is 0.395 e. The molecule has 1 aromatic rings. The van der Waals surface area contributed by atoms with E-state index in [0.29, 0.717) is 0 Å². The predicted octanol–water partition coefficient (Wildman–Crippen LogP) is 2.67. The van der Waals surface area contributed by atoms with Crippen LogP contribution >= 0.6 is 11.3 Å². The van der Waals surface area contributed by atoms with Crippen LogP contribution < -0.4 is 5.32 Å². The second kappa shape index (κ2) is 4.09. The number of alkyl halides is 3. The zero-order valence-corrected chi connectivity index (χ0v) is 8.79. The van der Waals surface area contributed by atoms with Crippen molar-refractivity contribution in [3.8, 4) is 0 Å². The number of aromatic nitrogens is 1. The van der Waals surface area contributed by atoms with Crippen molar-refractivity contribution >= 4 is 11.3 Å². The Bertz CT molecular complexity index is 328. The number of nitrogens with zero attached hydrogens (tertiary/aromatic N) is 1. The topological polar surface area (TPSA) is 24.9 Å². The molecule has 1 N–H and O–H groups in total. The third-order valence-electron chi connectivity index (χ3n) is 2.34. The van der Waals surface area contributed by atoms with Gasteiger partial charge in [0, 0.05) is 5.38 Å². The maximum atomic E-state index is 12.1. The van der Waals surface area contributed by atoms with Crippen LogP contribution in [0.2, 0.25) is 0 Å². The van der Waals surface area contributed by atoms with E-state index in [1.54, 1.807) is 5.38 Å². The van der Waals surface area contributed by atoms with Gasteiger partial charge in [-0.3, -0.25) is 0 Å². The summed E-state index contributed by atoms with van der Waals surface area (Å²) < 4.78 is 36.2. The average Bonchev–Trinajstić information content (AvgIpc) is 2.68. The van der Waals surface area contributed by atoms with Gasteiger partial charge in [-0.2, -0.15) is 13.2 Å². The maximum Gasteiger partial charge on any atom is 0.395 e. The molecule has 84 valence electrons. The van der Waals surface area contributed by atoms with Crippen molar-refractivity contribution in [2.45, 2.75) is 31.5 Å². The molecular weight excluding hydrogens is 225 g/mol. The summed E-state index contributed by atoms with van der Waals surface area (Å²) in [6.45, 7) is 0.927. The van der Waals surface area contributed by atoms with E-state index in [1.165, 1.54) is 0 Å². The molecule has 2 heterocycles. The fourth-order valence-corrected chi connectivity index (χ4v) is 2.55. The smallest absolute Gasteiger partial charge is 0.309 e. The lowest BCUT2D eigenvalue weighted by Gasteiger charge is -2.05. The molecule has 0 aliphatic carbocycles. The van der Waals surface area contributed by atoms with Crippen LogP contribution in [-0.4, -0.2) is 17.7 Å². The Morgan fingerprint density at radius 3 is 2.93 bits per heavy atom. The molecule has 0 bridgehead atoms. The second-order valence-electron chi connectivity index (χ2n) is 3.61. The van der Waals surface area contributed by atoms with Gasteiger partial charge in [-0.05, 0) is 19.4 Å². The minimum absolute atomic E-state index is 0.156. The van der Waals surface area contributed by atoms with Crippen LogP contribution in [0.4, 0.5) is 13.2 Å². The van der Waals surface area contributed by atoms with Gasteiger partial charge < -0.3 is 5.32 Å². The van der Waals surface area contributed by atoms with Gasteiger partial charge in [0.1, 0.15) is 5.01 Å². The van der Waals surface area contributed by atoms with Crippen LogP contribution in [0, 0.1) is 0 Å². The Hall–Kier alpha value is -0.620. The first-order valence-electron chi connectivity index (χ1n) is 4.79. The van der Waals surface area contributed by atoms with Crippen molar-refractivity contribution in [1.29, 1.82) is 0 Å². The van der Waals surface area contributed by atoms with Crippen LogP contribution in [0.15, 0.2) is 5.38 Å². The highest BCUT2D eigenvalue weighted by Gasteiger charge is 2.30. The zero-order valence-electron chi connectivity index (χ0n) is 7.97. The van der Waals surface area contributed by atoms with E-state index in [0.717, 1.165) is 36.4 Å². The fourth-order valence-electron chi connectivity index (χ4n) is 1.67. The number of hydrogen-bond donors (Lipinski definition) is 1. The highest BCUT2D eigenvalue weighted by Crippen LogP contribution is 2.28. The molecule has 1 saturated heterocycles. The number of rotatable bonds is 2. The van der Waals surface area contributed by atoms with Gasteiger partial charge in [-0.1, -0.05) is 0 Å². The highest BCUT2D eigenvalue weighted by molar-refractivity contribution is 7.09.